The first-order chi connectivity index (χ1) is 15.0. The lowest BCUT2D eigenvalue weighted by Crippen LogP contribution is -2.40. The summed E-state index contributed by atoms with van der Waals surface area (Å²) < 4.78 is 0. The summed E-state index contributed by atoms with van der Waals surface area (Å²) in [6.45, 7) is 0. The van der Waals surface area contributed by atoms with Crippen LogP contribution in [0.1, 0.15) is 37.2 Å². The second kappa shape index (κ2) is 7.47. The largest absolute Gasteiger partial charge is 0.294 e. The Bertz CT molecular complexity index is 1260. The van der Waals surface area contributed by atoms with E-state index in [0.717, 1.165) is 22.0 Å². The van der Waals surface area contributed by atoms with Crippen LogP contribution in [0, 0.1) is 10.1 Å². The maximum atomic E-state index is 13.3. The number of hydrogen-bond acceptors (Lipinski definition) is 4. The smallest absolute Gasteiger partial charge is 0.269 e. The van der Waals surface area contributed by atoms with Crippen LogP contribution in [0.4, 0.5) is 11.4 Å². The van der Waals surface area contributed by atoms with Crippen LogP contribution in [0.25, 0.3) is 10.8 Å². The van der Waals surface area contributed by atoms with E-state index in [9.17, 15) is 19.7 Å². The van der Waals surface area contributed by atoms with Gasteiger partial charge in [0.15, 0.2) is 5.78 Å². The highest BCUT2D eigenvalue weighted by atomic mass is 16.6. The van der Waals surface area contributed by atoms with Gasteiger partial charge in [0.05, 0.1) is 4.92 Å². The number of fused-ring (bicyclic) bond motifs is 1. The maximum Gasteiger partial charge on any atom is 0.269 e. The summed E-state index contributed by atoms with van der Waals surface area (Å²) in [4.78, 5) is 38.4. The Balaban J connectivity index is 1.62. The summed E-state index contributed by atoms with van der Waals surface area (Å²) >= 11 is 0. The van der Waals surface area contributed by atoms with Gasteiger partial charge >= 0.3 is 0 Å². The molecule has 31 heavy (non-hydrogen) atoms. The third-order valence-corrected chi connectivity index (χ3v) is 6.17. The molecule has 1 atom stereocenters. The first-order valence-electron chi connectivity index (χ1n) is 10.4. The highest BCUT2D eigenvalue weighted by molar-refractivity contribution is 6.07. The Labute approximate surface area is 178 Å². The molecular formula is C25H20N2O4. The molecule has 0 N–H and O–H groups in total. The summed E-state index contributed by atoms with van der Waals surface area (Å²) in [5.74, 6) is -0.284. The molecule has 2 aliphatic rings. The van der Waals surface area contributed by atoms with Crippen LogP contribution >= 0.6 is 0 Å². The van der Waals surface area contributed by atoms with E-state index in [4.69, 9.17) is 0 Å². The van der Waals surface area contributed by atoms with E-state index in [2.05, 4.69) is 6.07 Å². The molecule has 0 saturated carbocycles. The number of Topliss-reactive ketones (excluding diaryl/α,β-unsaturated/α-hetero) is 1. The van der Waals surface area contributed by atoms with Gasteiger partial charge in [0.1, 0.15) is 0 Å². The zero-order chi connectivity index (χ0) is 21.5. The fraction of sp³-hybridized carbons (Fsp3) is 0.200. The number of carbonyl (C=O) groups is 2. The van der Waals surface area contributed by atoms with Crippen molar-refractivity contribution in [2.45, 2.75) is 31.6 Å². The van der Waals surface area contributed by atoms with Crippen molar-refractivity contribution in [2.75, 3.05) is 4.90 Å². The monoisotopic (exact) mass is 412 g/mol. The van der Waals surface area contributed by atoms with Crippen LogP contribution in [0.15, 0.2) is 78.0 Å². The average Bonchev–Trinajstić information content (AvgIpc) is 2.78. The third-order valence-electron chi connectivity index (χ3n) is 6.17. The molecule has 1 unspecified atom stereocenters. The van der Waals surface area contributed by atoms with E-state index in [0.29, 0.717) is 30.5 Å². The van der Waals surface area contributed by atoms with Gasteiger partial charge in [-0.1, -0.05) is 42.5 Å². The Morgan fingerprint density at radius 1 is 0.903 bits per heavy atom. The molecular weight excluding hydrogens is 392 g/mol. The van der Waals surface area contributed by atoms with Gasteiger partial charge in [-0.2, -0.15) is 0 Å². The van der Waals surface area contributed by atoms with Crippen LogP contribution in [-0.4, -0.2) is 16.6 Å². The van der Waals surface area contributed by atoms with Crippen molar-refractivity contribution in [2.24, 2.45) is 0 Å². The average molecular weight is 412 g/mol. The number of non-ortho nitro benzene ring substituents is 1. The van der Waals surface area contributed by atoms with Gasteiger partial charge in [-0.15, -0.1) is 0 Å². The molecule has 3 aromatic carbocycles. The summed E-state index contributed by atoms with van der Waals surface area (Å²) in [5.41, 5.74) is 2.95. The van der Waals surface area contributed by atoms with E-state index in [1.807, 2.05) is 36.4 Å². The van der Waals surface area contributed by atoms with Gasteiger partial charge < -0.3 is 0 Å². The number of nitro benzene ring substituents is 1. The van der Waals surface area contributed by atoms with E-state index in [1.54, 1.807) is 17.0 Å². The summed E-state index contributed by atoms with van der Waals surface area (Å²) in [6, 6.07) is 20.1. The van der Waals surface area contributed by atoms with Gasteiger partial charge in [0.2, 0.25) is 5.91 Å². The minimum absolute atomic E-state index is 0.0313. The molecule has 1 amide bonds. The van der Waals surface area contributed by atoms with Crippen molar-refractivity contribution in [3.8, 4) is 0 Å². The number of carbonyl (C=O) groups excluding carboxylic acids is 2. The number of hydrogen-bond donors (Lipinski definition) is 0. The molecule has 0 aromatic heterocycles. The fourth-order valence-electron chi connectivity index (χ4n) is 4.73. The summed E-state index contributed by atoms with van der Waals surface area (Å²) in [5, 5.41) is 13.2. The number of anilines is 1. The lowest BCUT2D eigenvalue weighted by molar-refractivity contribution is -0.384. The Morgan fingerprint density at radius 3 is 2.39 bits per heavy atom. The Kier molecular flexibility index (Phi) is 4.62. The van der Waals surface area contributed by atoms with E-state index >= 15 is 0 Å². The quantitative estimate of drug-likeness (QED) is 0.433. The van der Waals surface area contributed by atoms with Crippen molar-refractivity contribution in [1.82, 2.24) is 0 Å². The first kappa shape index (κ1) is 19.2. The van der Waals surface area contributed by atoms with Crippen LogP contribution in [-0.2, 0) is 9.59 Å². The Morgan fingerprint density at radius 2 is 1.65 bits per heavy atom. The fourth-order valence-corrected chi connectivity index (χ4v) is 4.73. The first-order valence-corrected chi connectivity index (χ1v) is 10.4. The van der Waals surface area contributed by atoms with Gasteiger partial charge in [0, 0.05) is 47.8 Å². The van der Waals surface area contributed by atoms with Gasteiger partial charge in [-0.25, -0.2) is 0 Å². The van der Waals surface area contributed by atoms with E-state index in [1.165, 1.54) is 12.1 Å². The lowest BCUT2D eigenvalue weighted by Gasteiger charge is -2.38. The van der Waals surface area contributed by atoms with Crippen molar-refractivity contribution < 1.29 is 14.5 Å². The number of amides is 1. The number of benzene rings is 3. The SMILES string of the molecule is O=C1CCCC2=C1C(c1ccc3ccccc3c1)CC(=O)N2c1ccc([N+](=O)[O-])cc1. The second-order valence-corrected chi connectivity index (χ2v) is 8.00. The molecule has 1 aliphatic heterocycles. The molecule has 6 nitrogen and oxygen atoms in total. The van der Waals surface area contributed by atoms with Gasteiger partial charge in [0.25, 0.3) is 5.69 Å². The van der Waals surface area contributed by atoms with Crippen LogP contribution in [0.3, 0.4) is 0 Å². The molecule has 0 fully saturated rings. The highest BCUT2D eigenvalue weighted by Crippen LogP contribution is 2.44. The summed E-state index contributed by atoms with van der Waals surface area (Å²) in [7, 11) is 0. The molecule has 0 spiro atoms. The number of nitro groups is 1. The molecule has 0 bridgehead atoms. The number of nitrogens with zero attached hydrogens (tertiary/aromatic N) is 2. The standard InChI is InChI=1S/C25H20N2O4/c28-23-7-3-6-22-25(23)21(18-9-8-16-4-1-2-5-17(16)14-18)15-24(29)26(22)19-10-12-20(13-11-19)27(30)31/h1-2,4-5,8-14,21H,3,6-7,15H2. The molecule has 1 aliphatic carbocycles. The second-order valence-electron chi connectivity index (χ2n) is 8.00. The number of allylic oxidation sites excluding steroid dienone is 2. The zero-order valence-electron chi connectivity index (χ0n) is 16.8. The summed E-state index contributed by atoms with van der Waals surface area (Å²) in [6.07, 6.45) is 2.00. The van der Waals surface area contributed by atoms with Crippen LogP contribution < -0.4 is 4.90 Å². The predicted molar refractivity (Wildman–Crippen MR) is 118 cm³/mol. The zero-order valence-corrected chi connectivity index (χ0v) is 16.8. The highest BCUT2D eigenvalue weighted by Gasteiger charge is 2.39. The van der Waals surface area contributed by atoms with Crippen LogP contribution in [0.2, 0.25) is 0 Å². The molecule has 0 radical (unpaired) electrons. The number of ketones is 1. The van der Waals surface area contributed by atoms with Crippen LogP contribution in [0.5, 0.6) is 0 Å². The molecule has 1 heterocycles. The minimum Gasteiger partial charge on any atom is -0.294 e. The molecule has 6 heteroatoms. The molecule has 5 rings (SSSR count). The predicted octanol–water partition coefficient (Wildman–Crippen LogP) is 5.28. The van der Waals surface area contributed by atoms with Crippen molar-refractivity contribution in [3.05, 3.63) is 93.7 Å². The van der Waals surface area contributed by atoms with E-state index < -0.39 is 4.92 Å². The van der Waals surface area contributed by atoms with Gasteiger partial charge in [-0.05, 0) is 41.3 Å². The van der Waals surface area contributed by atoms with E-state index in [-0.39, 0.29) is 29.7 Å². The topological polar surface area (TPSA) is 80.5 Å². The lowest BCUT2D eigenvalue weighted by atomic mass is 9.77. The molecule has 3 aromatic rings. The third kappa shape index (κ3) is 3.30. The van der Waals surface area contributed by atoms with Crippen molar-refractivity contribution in [3.63, 3.8) is 0 Å². The van der Waals surface area contributed by atoms with Crippen molar-refractivity contribution >= 4 is 33.8 Å². The van der Waals surface area contributed by atoms with Gasteiger partial charge in [-0.3, -0.25) is 24.6 Å². The molecule has 154 valence electrons. The normalized spacial score (nSPS) is 19.0. The minimum atomic E-state index is -0.466. The van der Waals surface area contributed by atoms with Crippen molar-refractivity contribution in [1.29, 1.82) is 0 Å². The number of rotatable bonds is 3. The molecule has 0 saturated heterocycles. The Hall–Kier alpha value is -3.80. The maximum absolute atomic E-state index is 13.3.